The van der Waals surface area contributed by atoms with Crippen molar-refractivity contribution in [3.8, 4) is 0 Å². The lowest BCUT2D eigenvalue weighted by molar-refractivity contribution is -0.121. The van der Waals surface area contributed by atoms with Crippen LogP contribution in [-0.4, -0.2) is 12.5 Å². The molecule has 0 saturated heterocycles. The molecule has 0 heterocycles. The Labute approximate surface area is 127 Å². The maximum Gasteiger partial charge on any atom is 0.250 e. The number of benzene rings is 2. The van der Waals surface area contributed by atoms with Gasteiger partial charge in [-0.3, -0.25) is 4.79 Å². The van der Waals surface area contributed by atoms with Gasteiger partial charge in [0.05, 0.1) is 6.61 Å². The highest BCUT2D eigenvalue weighted by atomic mass is 35.5. The van der Waals surface area contributed by atoms with Gasteiger partial charge in [-0.2, -0.15) is 0 Å². The minimum absolute atomic E-state index is 0.0489. The molecule has 1 N–H and O–H groups in total. The molecule has 2 rings (SSSR count). The number of hydrogen-bond acceptors (Lipinski definition) is 2. The van der Waals surface area contributed by atoms with E-state index in [9.17, 15) is 9.18 Å². The van der Waals surface area contributed by atoms with Crippen LogP contribution in [0.25, 0.3) is 0 Å². The molecule has 2 aromatic rings. The fraction of sp³-hybridized carbons (Fsp3) is 0.188. The number of ether oxygens (including phenoxy) is 1. The second-order valence-corrected chi connectivity index (χ2v) is 5.02. The number of anilines is 1. The molecule has 2 aromatic carbocycles. The second kappa shape index (κ2) is 7.20. The average molecular weight is 308 g/mol. The molecule has 0 unspecified atom stereocenters. The van der Waals surface area contributed by atoms with Gasteiger partial charge in [0.25, 0.3) is 0 Å². The smallest absolute Gasteiger partial charge is 0.250 e. The van der Waals surface area contributed by atoms with Crippen LogP contribution in [0, 0.1) is 12.7 Å². The van der Waals surface area contributed by atoms with E-state index < -0.39 is 5.82 Å². The van der Waals surface area contributed by atoms with Crippen LogP contribution in [-0.2, 0) is 16.1 Å². The molecular weight excluding hydrogens is 293 g/mol. The van der Waals surface area contributed by atoms with Gasteiger partial charge in [0.1, 0.15) is 12.4 Å². The van der Waals surface area contributed by atoms with Crippen molar-refractivity contribution >= 4 is 23.2 Å². The summed E-state index contributed by atoms with van der Waals surface area (Å²) in [6.45, 7) is 1.72. The van der Waals surface area contributed by atoms with Crippen molar-refractivity contribution in [1.82, 2.24) is 0 Å². The lowest BCUT2D eigenvalue weighted by Crippen LogP contribution is -2.18. The van der Waals surface area contributed by atoms with Crippen LogP contribution in [0.1, 0.15) is 11.1 Å². The first kappa shape index (κ1) is 15.5. The lowest BCUT2D eigenvalue weighted by atomic mass is 10.2. The lowest BCUT2D eigenvalue weighted by Gasteiger charge is -2.08. The Morgan fingerprint density at radius 2 is 2.05 bits per heavy atom. The molecule has 0 radical (unpaired) electrons. The largest absolute Gasteiger partial charge is 0.367 e. The van der Waals surface area contributed by atoms with E-state index in [2.05, 4.69) is 5.32 Å². The number of nitrogens with one attached hydrogen (secondary N) is 1. The zero-order valence-electron chi connectivity index (χ0n) is 11.5. The summed E-state index contributed by atoms with van der Waals surface area (Å²) in [7, 11) is 0. The van der Waals surface area contributed by atoms with E-state index in [4.69, 9.17) is 16.3 Å². The number of rotatable bonds is 5. The van der Waals surface area contributed by atoms with Gasteiger partial charge < -0.3 is 10.1 Å². The number of hydrogen-bond donors (Lipinski definition) is 1. The minimum atomic E-state index is -0.443. The van der Waals surface area contributed by atoms with Gasteiger partial charge in [-0.05, 0) is 36.8 Å². The quantitative estimate of drug-likeness (QED) is 0.908. The van der Waals surface area contributed by atoms with Gasteiger partial charge in [0, 0.05) is 16.3 Å². The molecule has 110 valence electrons. The van der Waals surface area contributed by atoms with Gasteiger partial charge in [0.15, 0.2) is 0 Å². The molecule has 1 amide bonds. The summed E-state index contributed by atoms with van der Waals surface area (Å²) >= 11 is 5.87. The minimum Gasteiger partial charge on any atom is -0.367 e. The van der Waals surface area contributed by atoms with Crippen molar-refractivity contribution < 1.29 is 13.9 Å². The number of carbonyl (C=O) groups excluding carboxylic acids is 1. The summed E-state index contributed by atoms with van der Waals surface area (Å²) in [5.41, 5.74) is 2.00. The zero-order chi connectivity index (χ0) is 15.2. The molecule has 0 fully saturated rings. The first-order valence-corrected chi connectivity index (χ1v) is 6.81. The Balaban J connectivity index is 1.85. The monoisotopic (exact) mass is 307 g/mol. The summed E-state index contributed by atoms with van der Waals surface area (Å²) < 4.78 is 18.7. The van der Waals surface area contributed by atoms with Gasteiger partial charge >= 0.3 is 0 Å². The highest BCUT2D eigenvalue weighted by Gasteiger charge is 2.08. The van der Waals surface area contributed by atoms with Crippen LogP contribution in [0.2, 0.25) is 5.02 Å². The van der Waals surface area contributed by atoms with Crippen molar-refractivity contribution in [2.24, 2.45) is 0 Å². The van der Waals surface area contributed by atoms with E-state index in [1.54, 1.807) is 12.1 Å². The van der Waals surface area contributed by atoms with Gasteiger partial charge in [-0.15, -0.1) is 0 Å². The summed E-state index contributed by atoms with van der Waals surface area (Å²) in [5.74, 6) is -0.741. The van der Waals surface area contributed by atoms with Crippen LogP contribution in [0.5, 0.6) is 0 Å². The van der Waals surface area contributed by atoms with Crippen molar-refractivity contribution in [2.75, 3.05) is 11.9 Å². The number of aryl methyl sites for hydroxylation is 1. The average Bonchev–Trinajstić information content (AvgIpc) is 2.42. The third kappa shape index (κ3) is 4.55. The number of amides is 1. The molecule has 0 aliphatic heterocycles. The Morgan fingerprint density at radius 3 is 2.76 bits per heavy atom. The molecule has 5 heteroatoms. The second-order valence-electron chi connectivity index (χ2n) is 4.61. The van der Waals surface area contributed by atoms with E-state index in [1.807, 2.05) is 25.1 Å². The van der Waals surface area contributed by atoms with E-state index in [1.165, 1.54) is 12.1 Å². The maximum atomic E-state index is 13.5. The Bertz CT molecular complexity index is 626. The van der Waals surface area contributed by atoms with Crippen LogP contribution < -0.4 is 5.32 Å². The van der Waals surface area contributed by atoms with Crippen molar-refractivity contribution in [3.63, 3.8) is 0 Å². The van der Waals surface area contributed by atoms with Gasteiger partial charge in [0.2, 0.25) is 5.91 Å². The zero-order valence-corrected chi connectivity index (χ0v) is 12.3. The summed E-state index contributed by atoms with van der Waals surface area (Å²) in [6.07, 6.45) is 0. The summed E-state index contributed by atoms with van der Waals surface area (Å²) in [4.78, 5) is 11.7. The molecule has 0 aliphatic carbocycles. The highest BCUT2D eigenvalue weighted by molar-refractivity contribution is 6.31. The predicted molar refractivity (Wildman–Crippen MR) is 80.9 cm³/mol. The molecule has 0 atom stereocenters. The molecule has 3 nitrogen and oxygen atoms in total. The molecule has 0 aliphatic rings. The van der Waals surface area contributed by atoms with Crippen molar-refractivity contribution in [2.45, 2.75) is 13.5 Å². The predicted octanol–water partition coefficient (Wildman–Crippen LogP) is 3.94. The molecule has 0 bridgehead atoms. The first-order valence-electron chi connectivity index (χ1n) is 6.43. The Kier molecular flexibility index (Phi) is 5.31. The van der Waals surface area contributed by atoms with Crippen molar-refractivity contribution in [3.05, 3.63) is 64.4 Å². The molecule has 21 heavy (non-hydrogen) atoms. The number of carbonyl (C=O) groups is 1. The normalized spacial score (nSPS) is 10.4. The van der Waals surface area contributed by atoms with Crippen molar-refractivity contribution in [1.29, 1.82) is 0 Å². The van der Waals surface area contributed by atoms with E-state index in [0.717, 1.165) is 5.56 Å². The maximum absolute atomic E-state index is 13.5. The summed E-state index contributed by atoms with van der Waals surface area (Å²) in [6, 6.07) is 11.8. The molecule has 0 saturated carbocycles. The van der Waals surface area contributed by atoms with E-state index in [0.29, 0.717) is 5.69 Å². The number of halogens is 2. The Morgan fingerprint density at radius 1 is 1.29 bits per heavy atom. The van der Waals surface area contributed by atoms with Crippen LogP contribution in [0.15, 0.2) is 42.5 Å². The fourth-order valence-electron chi connectivity index (χ4n) is 1.84. The third-order valence-corrected chi connectivity index (χ3v) is 3.20. The SMILES string of the molecule is Cc1cccc(NC(=O)COCc2c(F)cccc2Cl)c1. The van der Waals surface area contributed by atoms with Gasteiger partial charge in [-0.1, -0.05) is 29.8 Å². The third-order valence-electron chi connectivity index (χ3n) is 2.84. The summed E-state index contributed by atoms with van der Waals surface area (Å²) in [5, 5.41) is 2.99. The fourth-order valence-corrected chi connectivity index (χ4v) is 2.05. The molecular formula is C16H15ClFNO2. The van der Waals surface area contributed by atoms with Crippen LogP contribution >= 0.6 is 11.6 Å². The van der Waals surface area contributed by atoms with E-state index in [-0.39, 0.29) is 29.7 Å². The van der Waals surface area contributed by atoms with Crippen LogP contribution in [0.4, 0.5) is 10.1 Å². The van der Waals surface area contributed by atoms with Gasteiger partial charge in [-0.25, -0.2) is 4.39 Å². The highest BCUT2D eigenvalue weighted by Crippen LogP contribution is 2.19. The first-order chi connectivity index (χ1) is 10.1. The molecule has 0 spiro atoms. The molecule has 0 aromatic heterocycles. The Hall–Kier alpha value is -1.91. The topological polar surface area (TPSA) is 38.3 Å². The standard InChI is InChI=1S/C16H15ClFNO2/c1-11-4-2-5-12(8-11)19-16(20)10-21-9-13-14(17)6-3-7-15(13)18/h2-8H,9-10H2,1H3,(H,19,20). The van der Waals surface area contributed by atoms with E-state index >= 15 is 0 Å². The van der Waals surface area contributed by atoms with Crippen LogP contribution in [0.3, 0.4) is 0 Å².